The molecule has 0 spiro atoms. The van der Waals surface area contributed by atoms with E-state index >= 15 is 0 Å². The van der Waals surface area contributed by atoms with Gasteiger partial charge in [-0.2, -0.15) is 0 Å². The van der Waals surface area contributed by atoms with E-state index in [1.807, 2.05) is 0 Å². The Bertz CT molecular complexity index is 593. The number of fused-ring (bicyclic) bond motifs is 1. The minimum Gasteiger partial charge on any atom is -0.303 e. The van der Waals surface area contributed by atoms with Crippen molar-refractivity contribution in [2.45, 2.75) is 70.8 Å². The van der Waals surface area contributed by atoms with Crippen molar-refractivity contribution in [3.63, 3.8) is 0 Å². The first-order chi connectivity index (χ1) is 12.6. The van der Waals surface area contributed by atoms with Crippen molar-refractivity contribution in [3.05, 3.63) is 29.1 Å². The normalized spacial score (nSPS) is 18.9. The minimum atomic E-state index is 0.285. The van der Waals surface area contributed by atoms with Crippen molar-refractivity contribution in [1.82, 2.24) is 14.8 Å². The molecule has 0 aromatic carbocycles. The number of carbonyl (C=O) groups is 1. The van der Waals surface area contributed by atoms with Gasteiger partial charge in [-0.05, 0) is 89.9 Å². The van der Waals surface area contributed by atoms with Gasteiger partial charge >= 0.3 is 0 Å². The van der Waals surface area contributed by atoms with Crippen molar-refractivity contribution in [2.75, 3.05) is 33.2 Å². The molecule has 144 valence electrons. The SMILES string of the molecule is CC(=O)CN1CCC(N(C)CCCCc2ccc3c(n2)CCCC3)CC1. The molecular formula is C22H35N3O. The molecular weight excluding hydrogens is 322 g/mol. The van der Waals surface area contributed by atoms with E-state index in [-0.39, 0.29) is 5.78 Å². The molecule has 2 heterocycles. The molecule has 0 saturated carbocycles. The maximum Gasteiger partial charge on any atom is 0.143 e. The van der Waals surface area contributed by atoms with E-state index < -0.39 is 0 Å². The predicted octanol–water partition coefficient (Wildman–Crippen LogP) is 3.27. The molecule has 26 heavy (non-hydrogen) atoms. The lowest BCUT2D eigenvalue weighted by Crippen LogP contribution is -2.44. The second-order valence-electron chi connectivity index (χ2n) is 8.26. The predicted molar refractivity (Wildman–Crippen MR) is 107 cm³/mol. The van der Waals surface area contributed by atoms with Gasteiger partial charge in [0.15, 0.2) is 0 Å². The van der Waals surface area contributed by atoms with Crippen LogP contribution < -0.4 is 0 Å². The standard InChI is InChI=1S/C22H35N3O/c1-18(26)17-25-15-12-21(13-16-25)24(2)14-6-5-8-20-11-10-19-7-3-4-9-22(19)23-20/h10-11,21H,3-9,12-17H2,1-2H3. The van der Waals surface area contributed by atoms with Gasteiger partial charge in [0, 0.05) is 30.5 Å². The third-order valence-corrected chi connectivity index (χ3v) is 6.06. The molecule has 0 radical (unpaired) electrons. The highest BCUT2D eigenvalue weighted by molar-refractivity contribution is 5.77. The van der Waals surface area contributed by atoms with Gasteiger partial charge in [-0.3, -0.25) is 14.7 Å². The van der Waals surface area contributed by atoms with Gasteiger partial charge in [-0.1, -0.05) is 6.07 Å². The largest absolute Gasteiger partial charge is 0.303 e. The second kappa shape index (κ2) is 9.61. The maximum atomic E-state index is 11.2. The Morgan fingerprint density at radius 2 is 1.96 bits per heavy atom. The van der Waals surface area contributed by atoms with Crippen LogP contribution in [0.3, 0.4) is 0 Å². The molecule has 2 aliphatic rings. The van der Waals surface area contributed by atoms with E-state index in [0.717, 1.165) is 19.5 Å². The molecule has 1 aromatic heterocycles. The first-order valence-corrected chi connectivity index (χ1v) is 10.5. The van der Waals surface area contributed by atoms with Gasteiger partial charge in [-0.15, -0.1) is 0 Å². The number of carbonyl (C=O) groups excluding carboxylic acids is 1. The molecule has 1 aliphatic carbocycles. The number of unbranched alkanes of at least 4 members (excludes halogenated alkanes) is 1. The summed E-state index contributed by atoms with van der Waals surface area (Å²) >= 11 is 0. The summed E-state index contributed by atoms with van der Waals surface area (Å²) in [7, 11) is 2.27. The van der Waals surface area contributed by atoms with E-state index in [2.05, 4.69) is 29.0 Å². The second-order valence-corrected chi connectivity index (χ2v) is 8.26. The number of Topliss-reactive ketones (excluding diaryl/α,β-unsaturated/α-hetero) is 1. The monoisotopic (exact) mass is 357 g/mol. The summed E-state index contributed by atoms with van der Waals surface area (Å²) in [6, 6.07) is 5.25. The van der Waals surface area contributed by atoms with Crippen molar-refractivity contribution >= 4 is 5.78 Å². The van der Waals surface area contributed by atoms with E-state index in [1.54, 1.807) is 6.92 Å². The fourth-order valence-corrected chi connectivity index (χ4v) is 4.45. The van der Waals surface area contributed by atoms with Gasteiger partial charge in [0.25, 0.3) is 0 Å². The number of hydrogen-bond donors (Lipinski definition) is 0. The Kier molecular flexibility index (Phi) is 7.21. The highest BCUT2D eigenvalue weighted by Crippen LogP contribution is 2.20. The number of hydrogen-bond acceptors (Lipinski definition) is 4. The number of nitrogens with zero attached hydrogens (tertiary/aromatic N) is 3. The van der Waals surface area contributed by atoms with Gasteiger partial charge < -0.3 is 4.90 Å². The van der Waals surface area contributed by atoms with E-state index in [4.69, 9.17) is 4.98 Å². The van der Waals surface area contributed by atoms with Crippen molar-refractivity contribution in [2.24, 2.45) is 0 Å². The summed E-state index contributed by atoms with van der Waals surface area (Å²) in [5, 5.41) is 0. The fraction of sp³-hybridized carbons (Fsp3) is 0.727. The molecule has 1 fully saturated rings. The van der Waals surface area contributed by atoms with E-state index in [9.17, 15) is 4.79 Å². The van der Waals surface area contributed by atoms with Crippen LogP contribution in [-0.4, -0.2) is 59.8 Å². The zero-order valence-corrected chi connectivity index (χ0v) is 16.7. The zero-order valence-electron chi connectivity index (χ0n) is 16.7. The quantitative estimate of drug-likeness (QED) is 0.669. The molecule has 0 atom stereocenters. The van der Waals surface area contributed by atoms with Crippen LogP contribution in [0.5, 0.6) is 0 Å². The zero-order chi connectivity index (χ0) is 18.4. The summed E-state index contributed by atoms with van der Waals surface area (Å²) < 4.78 is 0. The Morgan fingerprint density at radius 1 is 1.19 bits per heavy atom. The third-order valence-electron chi connectivity index (χ3n) is 6.06. The molecule has 1 aromatic rings. The molecule has 0 N–H and O–H groups in total. The van der Waals surface area contributed by atoms with Gasteiger partial charge in [0.1, 0.15) is 5.78 Å². The number of aromatic nitrogens is 1. The highest BCUT2D eigenvalue weighted by atomic mass is 16.1. The smallest absolute Gasteiger partial charge is 0.143 e. The van der Waals surface area contributed by atoms with Crippen LogP contribution in [-0.2, 0) is 24.1 Å². The Hall–Kier alpha value is -1.26. The summed E-state index contributed by atoms with van der Waals surface area (Å²) in [4.78, 5) is 21.0. The number of likely N-dealkylation sites (tertiary alicyclic amines) is 1. The van der Waals surface area contributed by atoms with Gasteiger partial charge in [0.05, 0.1) is 6.54 Å². The Morgan fingerprint density at radius 3 is 2.73 bits per heavy atom. The van der Waals surface area contributed by atoms with E-state index in [0.29, 0.717) is 12.6 Å². The lowest BCUT2D eigenvalue weighted by Gasteiger charge is -2.36. The van der Waals surface area contributed by atoms with Crippen LogP contribution in [0.4, 0.5) is 0 Å². The third kappa shape index (κ3) is 5.62. The molecule has 0 amide bonds. The van der Waals surface area contributed by atoms with E-state index in [1.165, 1.54) is 74.9 Å². The number of aryl methyl sites for hydroxylation is 3. The topological polar surface area (TPSA) is 36.4 Å². The van der Waals surface area contributed by atoms with Gasteiger partial charge in [0.2, 0.25) is 0 Å². The number of pyridine rings is 1. The summed E-state index contributed by atoms with van der Waals surface area (Å²) in [6.07, 6.45) is 11.0. The first-order valence-electron chi connectivity index (χ1n) is 10.5. The summed E-state index contributed by atoms with van der Waals surface area (Å²) in [5.74, 6) is 0.285. The van der Waals surface area contributed by atoms with Crippen LogP contribution >= 0.6 is 0 Å². The lowest BCUT2D eigenvalue weighted by molar-refractivity contribution is -0.118. The number of piperidine rings is 1. The van der Waals surface area contributed by atoms with Gasteiger partial charge in [-0.25, -0.2) is 0 Å². The van der Waals surface area contributed by atoms with Crippen molar-refractivity contribution < 1.29 is 4.79 Å². The number of ketones is 1. The molecule has 0 unspecified atom stereocenters. The Balaban J connectivity index is 1.34. The van der Waals surface area contributed by atoms with Crippen LogP contribution in [0.15, 0.2) is 12.1 Å². The highest BCUT2D eigenvalue weighted by Gasteiger charge is 2.22. The summed E-state index contributed by atoms with van der Waals surface area (Å²) in [5.41, 5.74) is 4.13. The van der Waals surface area contributed by atoms with Crippen molar-refractivity contribution in [1.29, 1.82) is 0 Å². The first kappa shape index (κ1) is 19.5. The molecule has 0 bridgehead atoms. The van der Waals surface area contributed by atoms with Crippen molar-refractivity contribution in [3.8, 4) is 0 Å². The lowest BCUT2D eigenvalue weighted by atomic mass is 9.95. The number of rotatable bonds is 8. The Labute approximate surface area is 159 Å². The van der Waals surface area contributed by atoms with Crippen LogP contribution in [0.25, 0.3) is 0 Å². The molecule has 1 aliphatic heterocycles. The fourth-order valence-electron chi connectivity index (χ4n) is 4.45. The molecule has 4 heteroatoms. The van der Waals surface area contributed by atoms with Crippen LogP contribution in [0, 0.1) is 0 Å². The average Bonchev–Trinajstić information content (AvgIpc) is 2.65. The molecule has 1 saturated heterocycles. The van der Waals surface area contributed by atoms with Crippen LogP contribution in [0.2, 0.25) is 0 Å². The molecule has 4 nitrogen and oxygen atoms in total. The molecule has 3 rings (SSSR count). The maximum absolute atomic E-state index is 11.2. The minimum absolute atomic E-state index is 0.285. The summed E-state index contributed by atoms with van der Waals surface area (Å²) in [6.45, 7) is 5.61. The van der Waals surface area contributed by atoms with Crippen LogP contribution in [0.1, 0.15) is 62.4 Å². The average molecular weight is 358 g/mol.